The smallest absolute Gasteiger partial charge is 0.319 e. The summed E-state index contributed by atoms with van der Waals surface area (Å²) in [6, 6.07) is 10.7. The predicted octanol–water partition coefficient (Wildman–Crippen LogP) is 3.81. The van der Waals surface area contributed by atoms with E-state index in [1.165, 1.54) is 13.2 Å². The molecular formula is C15H14ClFN2O2. The minimum absolute atomic E-state index is 0.0847. The van der Waals surface area contributed by atoms with Crippen LogP contribution in [0.25, 0.3) is 0 Å². The van der Waals surface area contributed by atoms with Gasteiger partial charge in [0.05, 0.1) is 12.8 Å². The van der Waals surface area contributed by atoms with Crippen LogP contribution in [0, 0.1) is 5.82 Å². The Kier molecular flexibility index (Phi) is 5.00. The summed E-state index contributed by atoms with van der Waals surface area (Å²) in [4.78, 5) is 11.8. The maximum absolute atomic E-state index is 13.4. The van der Waals surface area contributed by atoms with Crippen molar-refractivity contribution >= 4 is 23.3 Å². The molecule has 6 heteroatoms. The Labute approximate surface area is 126 Å². The maximum atomic E-state index is 13.4. The van der Waals surface area contributed by atoms with Crippen molar-refractivity contribution in [3.8, 4) is 5.75 Å². The zero-order valence-corrected chi connectivity index (χ0v) is 12.1. The molecule has 0 aliphatic rings. The molecule has 21 heavy (non-hydrogen) atoms. The van der Waals surface area contributed by atoms with E-state index in [0.717, 1.165) is 0 Å². The number of amides is 2. The molecule has 2 amide bonds. The van der Waals surface area contributed by atoms with Crippen LogP contribution < -0.4 is 15.4 Å². The topological polar surface area (TPSA) is 50.4 Å². The van der Waals surface area contributed by atoms with Gasteiger partial charge in [-0.15, -0.1) is 0 Å². The molecule has 0 saturated carbocycles. The molecule has 0 fully saturated rings. The molecule has 0 aromatic heterocycles. The molecule has 2 rings (SSSR count). The van der Waals surface area contributed by atoms with Gasteiger partial charge >= 0.3 is 6.03 Å². The Hall–Kier alpha value is -2.27. The van der Waals surface area contributed by atoms with Gasteiger partial charge < -0.3 is 15.4 Å². The Morgan fingerprint density at radius 1 is 1.29 bits per heavy atom. The summed E-state index contributed by atoms with van der Waals surface area (Å²) in [5, 5.41) is 5.65. The molecule has 0 saturated heterocycles. The van der Waals surface area contributed by atoms with Gasteiger partial charge in [-0.25, -0.2) is 9.18 Å². The highest BCUT2D eigenvalue weighted by Crippen LogP contribution is 2.27. The van der Waals surface area contributed by atoms with Gasteiger partial charge in [0, 0.05) is 17.1 Å². The first-order chi connectivity index (χ1) is 10.1. The first kappa shape index (κ1) is 15.1. The lowest BCUT2D eigenvalue weighted by Crippen LogP contribution is -2.28. The number of ether oxygens (including phenoxy) is 1. The van der Waals surface area contributed by atoms with Crippen molar-refractivity contribution in [2.45, 2.75) is 6.54 Å². The molecule has 2 aromatic rings. The largest absolute Gasteiger partial charge is 0.495 e. The SMILES string of the molecule is COc1ccc(Cl)cc1NC(=O)NCc1ccccc1F. The average molecular weight is 309 g/mol. The molecule has 0 unspecified atom stereocenters. The van der Waals surface area contributed by atoms with Crippen molar-refractivity contribution in [1.29, 1.82) is 0 Å². The highest BCUT2D eigenvalue weighted by molar-refractivity contribution is 6.31. The molecule has 4 nitrogen and oxygen atoms in total. The number of hydrogen-bond acceptors (Lipinski definition) is 2. The van der Waals surface area contributed by atoms with Crippen molar-refractivity contribution in [3.63, 3.8) is 0 Å². The van der Waals surface area contributed by atoms with E-state index in [-0.39, 0.29) is 12.4 Å². The quantitative estimate of drug-likeness (QED) is 0.902. The molecule has 2 aromatic carbocycles. The van der Waals surface area contributed by atoms with Crippen LogP contribution in [0.15, 0.2) is 42.5 Å². The second-order valence-electron chi connectivity index (χ2n) is 4.24. The second kappa shape index (κ2) is 6.95. The highest BCUT2D eigenvalue weighted by Gasteiger charge is 2.09. The van der Waals surface area contributed by atoms with Gasteiger partial charge in [-0.1, -0.05) is 29.8 Å². The van der Waals surface area contributed by atoms with Gasteiger partial charge in [0.1, 0.15) is 11.6 Å². The van der Waals surface area contributed by atoms with Crippen LogP contribution in [0.1, 0.15) is 5.56 Å². The molecule has 0 radical (unpaired) electrons. The van der Waals surface area contributed by atoms with E-state index >= 15 is 0 Å². The van der Waals surface area contributed by atoms with E-state index in [4.69, 9.17) is 16.3 Å². The minimum Gasteiger partial charge on any atom is -0.495 e. The van der Waals surface area contributed by atoms with E-state index in [2.05, 4.69) is 10.6 Å². The number of carbonyl (C=O) groups is 1. The van der Waals surface area contributed by atoms with E-state index in [1.54, 1.807) is 36.4 Å². The van der Waals surface area contributed by atoms with E-state index in [1.807, 2.05) is 0 Å². The first-order valence-electron chi connectivity index (χ1n) is 6.22. The number of carbonyl (C=O) groups excluding carboxylic acids is 1. The summed E-state index contributed by atoms with van der Waals surface area (Å²) in [7, 11) is 1.49. The third-order valence-electron chi connectivity index (χ3n) is 2.81. The Morgan fingerprint density at radius 3 is 2.76 bits per heavy atom. The van der Waals surface area contributed by atoms with Crippen molar-refractivity contribution in [2.75, 3.05) is 12.4 Å². The molecule has 110 valence electrons. The van der Waals surface area contributed by atoms with Gasteiger partial charge in [0.2, 0.25) is 0 Å². The van der Waals surface area contributed by atoms with Crippen LogP contribution in [0.3, 0.4) is 0 Å². The lowest BCUT2D eigenvalue weighted by Gasteiger charge is -2.11. The number of methoxy groups -OCH3 is 1. The van der Waals surface area contributed by atoms with Crippen molar-refractivity contribution in [2.24, 2.45) is 0 Å². The third kappa shape index (κ3) is 4.10. The van der Waals surface area contributed by atoms with Crippen molar-refractivity contribution in [1.82, 2.24) is 5.32 Å². The molecule has 0 bridgehead atoms. The summed E-state index contributed by atoms with van der Waals surface area (Å²) in [5.74, 6) is 0.124. The third-order valence-corrected chi connectivity index (χ3v) is 3.04. The van der Waals surface area contributed by atoms with Gasteiger partial charge in [0.15, 0.2) is 0 Å². The molecule has 0 heterocycles. The maximum Gasteiger partial charge on any atom is 0.319 e. The summed E-state index contributed by atoms with van der Waals surface area (Å²) in [5.41, 5.74) is 0.849. The van der Waals surface area contributed by atoms with Gasteiger partial charge in [-0.3, -0.25) is 0 Å². The fourth-order valence-corrected chi connectivity index (χ4v) is 1.93. The van der Waals surface area contributed by atoms with Gasteiger partial charge in [-0.2, -0.15) is 0 Å². The monoisotopic (exact) mass is 308 g/mol. The summed E-state index contributed by atoms with van der Waals surface area (Å²) < 4.78 is 18.6. The lowest BCUT2D eigenvalue weighted by molar-refractivity contribution is 0.251. The van der Waals surface area contributed by atoms with Gasteiger partial charge in [-0.05, 0) is 24.3 Å². The summed E-state index contributed by atoms with van der Waals surface area (Å²) >= 11 is 5.87. The summed E-state index contributed by atoms with van der Waals surface area (Å²) in [6.45, 7) is 0.0847. The second-order valence-corrected chi connectivity index (χ2v) is 4.68. The van der Waals surface area contributed by atoms with E-state index in [9.17, 15) is 9.18 Å². The zero-order valence-electron chi connectivity index (χ0n) is 11.3. The van der Waals surface area contributed by atoms with Gasteiger partial charge in [0.25, 0.3) is 0 Å². The molecular weight excluding hydrogens is 295 g/mol. The number of hydrogen-bond donors (Lipinski definition) is 2. The number of rotatable bonds is 4. The lowest BCUT2D eigenvalue weighted by atomic mass is 10.2. The Bertz CT molecular complexity index is 649. The number of benzene rings is 2. The normalized spacial score (nSPS) is 10.0. The molecule has 0 aliphatic heterocycles. The number of nitrogens with one attached hydrogen (secondary N) is 2. The van der Waals surface area contributed by atoms with Crippen LogP contribution in [0.2, 0.25) is 5.02 Å². The Morgan fingerprint density at radius 2 is 2.05 bits per heavy atom. The van der Waals surface area contributed by atoms with Crippen molar-refractivity contribution < 1.29 is 13.9 Å². The van der Waals surface area contributed by atoms with E-state index < -0.39 is 6.03 Å². The minimum atomic E-state index is -0.473. The summed E-state index contributed by atoms with van der Waals surface area (Å²) in [6.07, 6.45) is 0. The zero-order chi connectivity index (χ0) is 15.2. The van der Waals surface area contributed by atoms with Crippen LogP contribution in [0.4, 0.5) is 14.9 Å². The number of anilines is 1. The Balaban J connectivity index is 1.99. The molecule has 0 atom stereocenters. The predicted molar refractivity (Wildman–Crippen MR) is 80.3 cm³/mol. The average Bonchev–Trinajstić information content (AvgIpc) is 2.47. The van der Waals surface area contributed by atoms with E-state index in [0.29, 0.717) is 22.0 Å². The van der Waals surface area contributed by atoms with Crippen LogP contribution in [-0.4, -0.2) is 13.1 Å². The highest BCUT2D eigenvalue weighted by atomic mass is 35.5. The molecule has 0 spiro atoms. The standard InChI is InChI=1S/C15H14ClFN2O2/c1-21-14-7-6-11(16)8-13(14)19-15(20)18-9-10-4-2-3-5-12(10)17/h2-8H,9H2,1H3,(H2,18,19,20). The van der Waals surface area contributed by atoms with Crippen LogP contribution >= 0.6 is 11.6 Å². The number of halogens is 2. The number of urea groups is 1. The first-order valence-corrected chi connectivity index (χ1v) is 6.59. The van der Waals surface area contributed by atoms with Crippen LogP contribution in [0.5, 0.6) is 5.75 Å². The van der Waals surface area contributed by atoms with Crippen LogP contribution in [-0.2, 0) is 6.54 Å². The fourth-order valence-electron chi connectivity index (χ4n) is 1.76. The molecule has 2 N–H and O–H groups in total. The fraction of sp³-hybridized carbons (Fsp3) is 0.133. The molecule has 0 aliphatic carbocycles. The van der Waals surface area contributed by atoms with Crippen molar-refractivity contribution in [3.05, 3.63) is 58.9 Å².